The van der Waals surface area contributed by atoms with Gasteiger partial charge in [0.05, 0.1) is 36.4 Å². The highest BCUT2D eigenvalue weighted by atomic mass is 19.1. The number of halogens is 1. The van der Waals surface area contributed by atoms with Gasteiger partial charge in [0.15, 0.2) is 0 Å². The van der Waals surface area contributed by atoms with Crippen molar-refractivity contribution in [2.24, 2.45) is 0 Å². The Balaban J connectivity index is 0.713. The Bertz CT molecular complexity index is 2880. The van der Waals surface area contributed by atoms with Crippen LogP contribution in [-0.2, 0) is 25.6 Å². The zero-order chi connectivity index (χ0) is 47.4. The maximum Gasteiger partial charge on any atom is 0.249 e. The summed E-state index contributed by atoms with van der Waals surface area (Å²) >= 11 is 0. The van der Waals surface area contributed by atoms with Crippen LogP contribution in [0.15, 0.2) is 104 Å². The zero-order valence-corrected chi connectivity index (χ0v) is 38.3. The van der Waals surface area contributed by atoms with Crippen LogP contribution < -0.4 is 20.4 Å². The fourth-order valence-corrected chi connectivity index (χ4v) is 9.95. The molecule has 4 aromatic heterocycles. The first-order chi connectivity index (χ1) is 33.6. The van der Waals surface area contributed by atoms with Gasteiger partial charge in [0.1, 0.15) is 23.7 Å². The van der Waals surface area contributed by atoms with Crippen LogP contribution in [0.5, 0.6) is 0 Å². The number of pyridine rings is 3. The van der Waals surface area contributed by atoms with Crippen LogP contribution in [0.4, 0.5) is 21.6 Å². The van der Waals surface area contributed by atoms with Gasteiger partial charge in [0, 0.05) is 105 Å². The maximum absolute atomic E-state index is 13.5. The van der Waals surface area contributed by atoms with Crippen LogP contribution in [-0.4, -0.2) is 136 Å². The maximum atomic E-state index is 13.5. The van der Waals surface area contributed by atoms with Gasteiger partial charge in [0.25, 0.3) is 0 Å². The number of piperidine rings is 2. The number of fused-ring (bicyclic) bond motifs is 1. The number of nitriles is 1. The number of likely N-dealkylation sites (tertiary alicyclic amines) is 1. The van der Waals surface area contributed by atoms with E-state index in [2.05, 4.69) is 83.9 Å². The van der Waals surface area contributed by atoms with Gasteiger partial charge in [-0.25, -0.2) is 13.9 Å². The van der Waals surface area contributed by atoms with Crippen molar-refractivity contribution in [1.29, 1.82) is 5.26 Å². The van der Waals surface area contributed by atoms with Crippen molar-refractivity contribution in [1.82, 2.24) is 39.6 Å². The monoisotopic (exact) mass is 928 g/mol. The molecule has 0 radical (unpaired) electrons. The molecule has 4 fully saturated rings. The molecule has 4 saturated heterocycles. The lowest BCUT2D eigenvalue weighted by molar-refractivity contribution is -0.134. The van der Waals surface area contributed by atoms with Crippen molar-refractivity contribution in [3.8, 4) is 28.3 Å². The number of anilines is 3. The topological polar surface area (TPSA) is 175 Å². The van der Waals surface area contributed by atoms with E-state index in [0.29, 0.717) is 81.3 Å². The largest absolute Gasteiger partial charge is 0.374 e. The fourth-order valence-electron chi connectivity index (χ4n) is 9.95. The highest BCUT2D eigenvalue weighted by molar-refractivity contribution is 6.01. The van der Waals surface area contributed by atoms with Gasteiger partial charge in [-0.05, 0) is 104 Å². The number of benzene rings is 2. The van der Waals surface area contributed by atoms with Gasteiger partial charge in [-0.15, -0.1) is 0 Å². The van der Waals surface area contributed by atoms with Crippen LogP contribution in [0, 0.1) is 17.1 Å². The van der Waals surface area contributed by atoms with E-state index < -0.39 is 11.9 Å². The number of amides is 4. The molecule has 352 valence electrons. The summed E-state index contributed by atoms with van der Waals surface area (Å²) in [5, 5.41) is 20.2. The molecule has 16 nitrogen and oxygen atoms in total. The normalized spacial score (nSPS) is 18.3. The minimum absolute atomic E-state index is 0.0397. The van der Waals surface area contributed by atoms with Gasteiger partial charge in [-0.3, -0.25) is 34.4 Å². The molecule has 10 rings (SSSR count). The number of imide groups is 1. The number of nitrogens with one attached hydrogen (secondary N) is 2. The minimum atomic E-state index is -0.429. The predicted molar refractivity (Wildman–Crippen MR) is 259 cm³/mol. The van der Waals surface area contributed by atoms with Crippen LogP contribution >= 0.6 is 0 Å². The molecule has 0 spiro atoms. The molecule has 1 unspecified atom stereocenters. The highest BCUT2D eigenvalue weighted by Crippen LogP contribution is 2.34. The summed E-state index contributed by atoms with van der Waals surface area (Å²) in [6.07, 6.45) is 9.40. The molecule has 6 aromatic rings. The third-order valence-electron chi connectivity index (χ3n) is 14.0. The molecular weight excluding hydrogens is 876 g/mol. The summed E-state index contributed by atoms with van der Waals surface area (Å²) in [6.45, 7) is 7.29. The Hall–Kier alpha value is -7.71. The summed E-state index contributed by atoms with van der Waals surface area (Å²) in [5.41, 5.74) is 8.56. The lowest BCUT2D eigenvalue weighted by Gasteiger charge is -2.38. The number of aromatic nitrogens is 4. The van der Waals surface area contributed by atoms with E-state index in [4.69, 9.17) is 4.98 Å². The minimum Gasteiger partial charge on any atom is -0.374 e. The fraction of sp³-hybridized carbons (Fsp3) is 0.346. The number of piperazine rings is 2. The van der Waals surface area contributed by atoms with E-state index in [0.717, 1.165) is 84.7 Å². The molecule has 1 atom stereocenters. The Kier molecular flexibility index (Phi) is 13.0. The van der Waals surface area contributed by atoms with E-state index in [1.165, 1.54) is 11.6 Å². The predicted octanol–water partition coefficient (Wildman–Crippen LogP) is 5.11. The molecule has 2 N–H and O–H groups in total. The number of hydrogen-bond donors (Lipinski definition) is 2. The lowest BCUT2D eigenvalue weighted by Crippen LogP contribution is -2.51. The molecule has 4 aliphatic heterocycles. The zero-order valence-electron chi connectivity index (χ0n) is 38.3. The van der Waals surface area contributed by atoms with E-state index >= 15 is 0 Å². The first-order valence-electron chi connectivity index (χ1n) is 23.7. The van der Waals surface area contributed by atoms with Crippen molar-refractivity contribution >= 4 is 46.3 Å². The third-order valence-corrected chi connectivity index (χ3v) is 14.0. The highest BCUT2D eigenvalue weighted by Gasteiger charge is 2.29. The molecule has 4 amide bonds. The summed E-state index contributed by atoms with van der Waals surface area (Å²) in [7, 11) is 0. The second kappa shape index (κ2) is 19.9. The van der Waals surface area contributed by atoms with Gasteiger partial charge in [-0.1, -0.05) is 24.3 Å². The Labute approximate surface area is 399 Å². The van der Waals surface area contributed by atoms with Gasteiger partial charge >= 0.3 is 0 Å². The lowest BCUT2D eigenvalue weighted by atomic mass is 9.89. The summed E-state index contributed by atoms with van der Waals surface area (Å²) in [5.74, 6) is 0.418. The molecular formula is C52H53FN12O4. The Morgan fingerprint density at radius 3 is 2.12 bits per heavy atom. The van der Waals surface area contributed by atoms with Crippen LogP contribution in [0.2, 0.25) is 0 Å². The number of nitrogens with zero attached hydrogens (tertiary/aromatic N) is 10. The van der Waals surface area contributed by atoms with E-state index in [-0.39, 0.29) is 30.0 Å². The number of carbonyl (C=O) groups is 4. The summed E-state index contributed by atoms with van der Waals surface area (Å²) in [6, 6.07) is 27.5. The smallest absolute Gasteiger partial charge is 0.249 e. The van der Waals surface area contributed by atoms with Crippen molar-refractivity contribution < 1.29 is 23.6 Å². The van der Waals surface area contributed by atoms with Crippen LogP contribution in [0.25, 0.3) is 27.8 Å². The van der Waals surface area contributed by atoms with E-state index in [1.54, 1.807) is 16.8 Å². The van der Waals surface area contributed by atoms with Crippen molar-refractivity contribution in [3.05, 3.63) is 126 Å². The van der Waals surface area contributed by atoms with E-state index in [9.17, 15) is 28.8 Å². The molecule has 0 aliphatic carbocycles. The molecule has 8 heterocycles. The standard InChI is InChI=1S/C52H53FN12O4/c53-41-6-9-43(55-32-41)28-49(67)63-25-21-62(22-26-63)47-13-5-38(30-56-47)45-27-39(33-65-51(45)40(29-54)31-57-65)36-3-10-44(11-4-36)61-19-23-64(24-20-61)50(68)34-60-17-15-37(16-18-60)35-1-7-42(8-2-35)58-46-12-14-48(66)59-52(46)69/h1-11,13,27,30-33,37,46,58H,12,14-26,28,34H2,(H,59,66,69). The first-order valence-corrected chi connectivity index (χ1v) is 23.7. The average molecular weight is 929 g/mol. The second-order valence-corrected chi connectivity index (χ2v) is 18.3. The van der Waals surface area contributed by atoms with Gasteiger partial charge in [0.2, 0.25) is 23.6 Å². The third kappa shape index (κ3) is 10.1. The molecule has 4 aliphatic rings. The molecule has 0 saturated carbocycles. The van der Waals surface area contributed by atoms with Crippen molar-refractivity contribution in [2.75, 3.05) is 87.1 Å². The van der Waals surface area contributed by atoms with E-state index in [1.807, 2.05) is 46.5 Å². The van der Waals surface area contributed by atoms with Crippen LogP contribution in [0.3, 0.4) is 0 Å². The Morgan fingerprint density at radius 1 is 0.739 bits per heavy atom. The molecule has 2 aromatic carbocycles. The van der Waals surface area contributed by atoms with Gasteiger partial charge in [-0.2, -0.15) is 10.4 Å². The molecule has 69 heavy (non-hydrogen) atoms. The second-order valence-electron chi connectivity index (χ2n) is 18.3. The summed E-state index contributed by atoms with van der Waals surface area (Å²) < 4.78 is 15.0. The average Bonchev–Trinajstić information content (AvgIpc) is 3.82. The summed E-state index contributed by atoms with van der Waals surface area (Å²) in [4.78, 5) is 69.4. The number of rotatable bonds is 11. The van der Waals surface area contributed by atoms with Crippen molar-refractivity contribution in [3.63, 3.8) is 0 Å². The SMILES string of the molecule is N#Cc1cnn2cc(-c3ccc(N4CCN(C(=O)CN5CCC(c6ccc(NC7CCC(=O)NC7=O)cc6)CC5)CC4)cc3)cc(-c3ccc(N4CCN(C(=O)Cc5ccc(F)cn5)CC4)nc3)c12. The number of carbonyl (C=O) groups excluding carboxylic acids is 4. The Morgan fingerprint density at radius 2 is 1.45 bits per heavy atom. The molecule has 17 heteroatoms. The quantitative estimate of drug-likeness (QED) is 0.165. The van der Waals surface area contributed by atoms with Crippen LogP contribution in [0.1, 0.15) is 48.4 Å². The van der Waals surface area contributed by atoms with Crippen molar-refractivity contribution in [2.45, 2.75) is 44.1 Å². The van der Waals surface area contributed by atoms with Gasteiger partial charge < -0.3 is 24.9 Å². The molecule has 0 bridgehead atoms. The number of hydrogen-bond acceptors (Lipinski definition) is 12. The first kappa shape index (κ1) is 45.1.